The molecule has 14 heavy (non-hydrogen) atoms. The molecule has 80 valence electrons. The monoisotopic (exact) mass is 194 g/mol. The van der Waals surface area contributed by atoms with Crippen LogP contribution in [0.15, 0.2) is 0 Å². The van der Waals surface area contributed by atoms with Gasteiger partial charge < -0.3 is 5.32 Å². The predicted molar refractivity (Wildman–Crippen MR) is 59.0 cm³/mol. The first kappa shape index (κ1) is 11.5. The molecule has 1 aliphatic carbocycles. The minimum atomic E-state index is 0.694. The highest BCUT2D eigenvalue weighted by Crippen LogP contribution is 2.16. The van der Waals surface area contributed by atoms with Gasteiger partial charge in [0.05, 0.1) is 6.07 Å². The molecule has 1 rings (SSSR count). The van der Waals surface area contributed by atoms with Crippen LogP contribution in [-0.4, -0.2) is 12.6 Å². The van der Waals surface area contributed by atoms with E-state index in [1.807, 2.05) is 0 Å². The van der Waals surface area contributed by atoms with Gasteiger partial charge in [-0.25, -0.2) is 0 Å². The van der Waals surface area contributed by atoms with E-state index in [4.69, 9.17) is 5.26 Å². The summed E-state index contributed by atoms with van der Waals surface area (Å²) in [6.45, 7) is 1.03. The van der Waals surface area contributed by atoms with E-state index < -0.39 is 0 Å². The molecule has 0 aromatic rings. The first-order valence-corrected chi connectivity index (χ1v) is 6.04. The van der Waals surface area contributed by atoms with Gasteiger partial charge in [-0.2, -0.15) is 5.26 Å². The van der Waals surface area contributed by atoms with Crippen molar-refractivity contribution in [1.82, 2.24) is 5.32 Å². The van der Waals surface area contributed by atoms with Crippen LogP contribution in [0, 0.1) is 11.3 Å². The van der Waals surface area contributed by atoms with E-state index in [1.54, 1.807) is 0 Å². The van der Waals surface area contributed by atoms with Crippen LogP contribution in [0.2, 0.25) is 0 Å². The Labute approximate surface area is 87.7 Å². The lowest BCUT2D eigenvalue weighted by Gasteiger charge is -2.20. The molecule has 0 atom stereocenters. The molecule has 0 bridgehead atoms. The van der Waals surface area contributed by atoms with Crippen molar-refractivity contribution in [3.8, 4) is 6.07 Å². The average Bonchev–Trinajstić information content (AvgIpc) is 2.15. The summed E-state index contributed by atoms with van der Waals surface area (Å²) in [6, 6.07) is 2.92. The van der Waals surface area contributed by atoms with E-state index in [9.17, 15) is 0 Å². The van der Waals surface area contributed by atoms with Crippen molar-refractivity contribution < 1.29 is 0 Å². The largest absolute Gasteiger partial charge is 0.314 e. The maximum atomic E-state index is 8.41. The molecular formula is C12H22N2. The first-order chi connectivity index (χ1) is 6.93. The van der Waals surface area contributed by atoms with Gasteiger partial charge in [-0.05, 0) is 25.8 Å². The van der Waals surface area contributed by atoms with Crippen molar-refractivity contribution >= 4 is 0 Å². The Bertz CT molecular complexity index is 164. The van der Waals surface area contributed by atoms with Gasteiger partial charge in [-0.1, -0.05) is 32.1 Å². The molecule has 1 fully saturated rings. The van der Waals surface area contributed by atoms with E-state index in [0.717, 1.165) is 19.0 Å². The highest BCUT2D eigenvalue weighted by atomic mass is 14.9. The zero-order valence-corrected chi connectivity index (χ0v) is 9.10. The Balaban J connectivity index is 2.05. The van der Waals surface area contributed by atoms with Crippen LogP contribution < -0.4 is 5.32 Å². The summed E-state index contributed by atoms with van der Waals surface area (Å²) in [6.07, 6.45) is 11.4. The van der Waals surface area contributed by atoms with Crippen LogP contribution in [0.3, 0.4) is 0 Å². The van der Waals surface area contributed by atoms with Crippen LogP contribution >= 0.6 is 0 Å². The van der Waals surface area contributed by atoms with Gasteiger partial charge in [-0.15, -0.1) is 0 Å². The van der Waals surface area contributed by atoms with E-state index in [1.165, 1.54) is 44.9 Å². The van der Waals surface area contributed by atoms with Gasteiger partial charge >= 0.3 is 0 Å². The van der Waals surface area contributed by atoms with Gasteiger partial charge in [0.25, 0.3) is 0 Å². The maximum Gasteiger partial charge on any atom is 0.0622 e. The van der Waals surface area contributed by atoms with Crippen LogP contribution in [0.5, 0.6) is 0 Å². The Morgan fingerprint density at radius 3 is 2.36 bits per heavy atom. The van der Waals surface area contributed by atoms with Gasteiger partial charge in [0.2, 0.25) is 0 Å². The fourth-order valence-electron chi connectivity index (χ4n) is 2.13. The molecule has 1 N–H and O–H groups in total. The van der Waals surface area contributed by atoms with E-state index in [2.05, 4.69) is 11.4 Å². The zero-order valence-electron chi connectivity index (χ0n) is 9.10. The molecule has 1 aliphatic rings. The van der Waals surface area contributed by atoms with E-state index >= 15 is 0 Å². The summed E-state index contributed by atoms with van der Waals surface area (Å²) >= 11 is 0. The molecule has 0 spiro atoms. The average molecular weight is 194 g/mol. The number of nitrogens with zero attached hydrogens (tertiary/aromatic N) is 1. The summed E-state index contributed by atoms with van der Waals surface area (Å²) < 4.78 is 0. The Kier molecular flexibility index (Phi) is 6.43. The SMILES string of the molecule is N#CCCCNC1CCCCCCC1. The number of nitriles is 1. The predicted octanol–water partition coefficient (Wildman–Crippen LogP) is 2.99. The third-order valence-electron chi connectivity index (χ3n) is 3.00. The Hall–Kier alpha value is -0.550. The van der Waals surface area contributed by atoms with Crippen molar-refractivity contribution in [3.05, 3.63) is 0 Å². The van der Waals surface area contributed by atoms with Crippen molar-refractivity contribution in [3.63, 3.8) is 0 Å². The van der Waals surface area contributed by atoms with Crippen molar-refractivity contribution in [2.24, 2.45) is 0 Å². The standard InChI is InChI=1S/C12H22N2/c13-10-6-7-11-14-12-8-4-2-1-3-5-9-12/h12,14H,1-9,11H2. The summed E-state index contributed by atoms with van der Waals surface area (Å²) in [5, 5.41) is 12.0. The summed E-state index contributed by atoms with van der Waals surface area (Å²) in [7, 11) is 0. The molecule has 0 unspecified atom stereocenters. The second-order valence-electron chi connectivity index (χ2n) is 4.26. The first-order valence-electron chi connectivity index (χ1n) is 6.04. The third kappa shape index (κ3) is 5.24. The van der Waals surface area contributed by atoms with E-state index in [-0.39, 0.29) is 0 Å². The number of hydrogen-bond donors (Lipinski definition) is 1. The van der Waals surface area contributed by atoms with Crippen LogP contribution in [0.1, 0.15) is 57.8 Å². The lowest BCUT2D eigenvalue weighted by Crippen LogP contribution is -2.30. The third-order valence-corrected chi connectivity index (χ3v) is 3.00. The normalized spacial score (nSPS) is 19.6. The smallest absolute Gasteiger partial charge is 0.0622 e. The topological polar surface area (TPSA) is 35.8 Å². The molecule has 0 aromatic carbocycles. The molecule has 1 saturated carbocycles. The summed E-state index contributed by atoms with van der Waals surface area (Å²) in [5.74, 6) is 0. The highest BCUT2D eigenvalue weighted by molar-refractivity contribution is 4.72. The summed E-state index contributed by atoms with van der Waals surface area (Å²) in [5.41, 5.74) is 0. The van der Waals surface area contributed by atoms with Gasteiger partial charge in [0, 0.05) is 12.5 Å². The molecule has 2 nitrogen and oxygen atoms in total. The lowest BCUT2D eigenvalue weighted by molar-refractivity contribution is 0.389. The number of nitrogens with one attached hydrogen (secondary N) is 1. The lowest BCUT2D eigenvalue weighted by atomic mass is 9.97. The molecule has 0 amide bonds. The molecule has 2 heteroatoms. The quantitative estimate of drug-likeness (QED) is 0.698. The highest BCUT2D eigenvalue weighted by Gasteiger charge is 2.09. The molecule has 0 heterocycles. The van der Waals surface area contributed by atoms with Crippen LogP contribution in [-0.2, 0) is 0 Å². The molecular weight excluding hydrogens is 172 g/mol. The minimum Gasteiger partial charge on any atom is -0.314 e. The molecule has 0 radical (unpaired) electrons. The van der Waals surface area contributed by atoms with Crippen molar-refractivity contribution in [1.29, 1.82) is 5.26 Å². The van der Waals surface area contributed by atoms with Crippen molar-refractivity contribution in [2.45, 2.75) is 63.8 Å². The second-order valence-corrected chi connectivity index (χ2v) is 4.26. The van der Waals surface area contributed by atoms with Gasteiger partial charge in [0.15, 0.2) is 0 Å². The molecule has 0 aromatic heterocycles. The van der Waals surface area contributed by atoms with Crippen LogP contribution in [0.4, 0.5) is 0 Å². The van der Waals surface area contributed by atoms with Gasteiger partial charge in [-0.3, -0.25) is 0 Å². The number of rotatable bonds is 4. The fraction of sp³-hybridized carbons (Fsp3) is 0.917. The minimum absolute atomic E-state index is 0.694. The van der Waals surface area contributed by atoms with Gasteiger partial charge in [0.1, 0.15) is 0 Å². The molecule has 0 saturated heterocycles. The fourth-order valence-corrected chi connectivity index (χ4v) is 2.13. The number of unbranched alkanes of at least 4 members (excludes halogenated alkanes) is 1. The Morgan fingerprint density at radius 1 is 1.07 bits per heavy atom. The summed E-state index contributed by atoms with van der Waals surface area (Å²) in [4.78, 5) is 0. The van der Waals surface area contributed by atoms with E-state index in [0.29, 0.717) is 6.42 Å². The second kappa shape index (κ2) is 7.82. The van der Waals surface area contributed by atoms with Crippen LogP contribution in [0.25, 0.3) is 0 Å². The molecule has 0 aliphatic heterocycles. The maximum absolute atomic E-state index is 8.41. The Morgan fingerprint density at radius 2 is 1.71 bits per heavy atom. The zero-order chi connectivity index (χ0) is 10.1. The van der Waals surface area contributed by atoms with Crippen molar-refractivity contribution in [2.75, 3.05) is 6.54 Å². The number of hydrogen-bond acceptors (Lipinski definition) is 2.